The minimum absolute atomic E-state index is 0.121. The van der Waals surface area contributed by atoms with E-state index in [0.29, 0.717) is 28.3 Å². The number of benzene rings is 2. The zero-order valence-corrected chi connectivity index (χ0v) is 17.8. The molecular weight excluding hydrogens is 406 g/mol. The Balaban J connectivity index is 2.25. The Bertz CT molecular complexity index is 1240. The minimum atomic E-state index is -0.649. The SMILES string of the molecule is CCCN(C)C(=O)Cn1c(=O)n(-c2ccc(C(C)=O)cc2)c(=O)c2ccc(Cl)cc21. The first-order valence-corrected chi connectivity index (χ1v) is 9.92. The molecule has 3 rings (SSSR count). The summed E-state index contributed by atoms with van der Waals surface area (Å²) in [6.07, 6.45) is 0.783. The summed E-state index contributed by atoms with van der Waals surface area (Å²) < 4.78 is 2.27. The highest BCUT2D eigenvalue weighted by atomic mass is 35.5. The van der Waals surface area contributed by atoms with Gasteiger partial charge in [0.2, 0.25) is 5.91 Å². The zero-order chi connectivity index (χ0) is 22.0. The van der Waals surface area contributed by atoms with Gasteiger partial charge in [0.15, 0.2) is 5.78 Å². The molecule has 1 aromatic heterocycles. The molecule has 0 saturated carbocycles. The fraction of sp³-hybridized carbons (Fsp3) is 0.273. The van der Waals surface area contributed by atoms with Crippen molar-refractivity contribution in [1.82, 2.24) is 14.0 Å². The Kier molecular flexibility index (Phi) is 6.22. The molecule has 0 radical (unpaired) electrons. The Morgan fingerprint density at radius 1 is 1.07 bits per heavy atom. The molecule has 30 heavy (non-hydrogen) atoms. The molecule has 7 nitrogen and oxygen atoms in total. The molecule has 0 aliphatic rings. The van der Waals surface area contributed by atoms with Crippen LogP contribution in [0.25, 0.3) is 16.6 Å². The molecule has 0 aliphatic carbocycles. The van der Waals surface area contributed by atoms with Crippen LogP contribution in [0, 0.1) is 0 Å². The van der Waals surface area contributed by atoms with Gasteiger partial charge in [-0.1, -0.05) is 18.5 Å². The lowest BCUT2D eigenvalue weighted by Crippen LogP contribution is -2.42. The number of rotatable bonds is 6. The van der Waals surface area contributed by atoms with Gasteiger partial charge >= 0.3 is 5.69 Å². The number of carbonyl (C=O) groups excluding carboxylic acids is 2. The normalized spacial score (nSPS) is 10.9. The second-order valence-electron chi connectivity index (χ2n) is 7.09. The number of halogens is 1. The second-order valence-corrected chi connectivity index (χ2v) is 7.53. The van der Waals surface area contributed by atoms with Crippen molar-refractivity contribution in [2.24, 2.45) is 0 Å². The minimum Gasteiger partial charge on any atom is -0.344 e. The third-order valence-corrected chi connectivity index (χ3v) is 5.15. The molecule has 1 amide bonds. The lowest BCUT2D eigenvalue weighted by atomic mass is 10.1. The molecule has 0 N–H and O–H groups in total. The van der Waals surface area contributed by atoms with Crippen LogP contribution in [0.1, 0.15) is 30.6 Å². The largest absolute Gasteiger partial charge is 0.344 e. The highest BCUT2D eigenvalue weighted by Crippen LogP contribution is 2.17. The number of hydrogen-bond acceptors (Lipinski definition) is 4. The predicted molar refractivity (Wildman–Crippen MR) is 117 cm³/mol. The van der Waals surface area contributed by atoms with Crippen LogP contribution in [0.4, 0.5) is 0 Å². The standard InChI is InChI=1S/C22H22ClN3O4/c1-4-11-24(3)20(28)13-25-19-12-16(23)7-10-18(19)21(29)26(22(25)30)17-8-5-15(6-9-17)14(2)27/h5-10,12H,4,11,13H2,1-3H3. The average molecular weight is 428 g/mol. The molecule has 2 aromatic carbocycles. The van der Waals surface area contributed by atoms with E-state index in [4.69, 9.17) is 11.6 Å². The maximum Gasteiger partial charge on any atom is 0.336 e. The number of hydrogen-bond donors (Lipinski definition) is 0. The number of ketones is 1. The Morgan fingerprint density at radius 3 is 2.33 bits per heavy atom. The molecular formula is C22H22ClN3O4. The lowest BCUT2D eigenvalue weighted by molar-refractivity contribution is -0.130. The summed E-state index contributed by atoms with van der Waals surface area (Å²) in [5.41, 5.74) is -0.0881. The molecule has 1 heterocycles. The van der Waals surface area contributed by atoms with E-state index in [1.165, 1.54) is 35.8 Å². The molecule has 0 saturated heterocycles. The third-order valence-electron chi connectivity index (χ3n) is 4.92. The molecule has 156 valence electrons. The van der Waals surface area contributed by atoms with E-state index in [1.54, 1.807) is 30.1 Å². The first kappa shape index (κ1) is 21.5. The number of nitrogens with zero attached hydrogens (tertiary/aromatic N) is 3. The fourth-order valence-corrected chi connectivity index (χ4v) is 3.45. The molecule has 0 unspecified atom stereocenters. The van der Waals surface area contributed by atoms with E-state index >= 15 is 0 Å². The van der Waals surface area contributed by atoms with Gasteiger partial charge in [-0.25, -0.2) is 9.36 Å². The van der Waals surface area contributed by atoms with E-state index in [-0.39, 0.29) is 23.6 Å². The summed E-state index contributed by atoms with van der Waals surface area (Å²) in [7, 11) is 1.67. The van der Waals surface area contributed by atoms with Gasteiger partial charge in [-0.05, 0) is 55.8 Å². The number of likely N-dealkylation sites (N-methyl/N-ethyl adjacent to an activating group) is 1. The van der Waals surface area contributed by atoms with Crippen LogP contribution in [0.2, 0.25) is 5.02 Å². The van der Waals surface area contributed by atoms with Crippen LogP contribution >= 0.6 is 11.6 Å². The van der Waals surface area contributed by atoms with Gasteiger partial charge in [0.05, 0.1) is 16.6 Å². The van der Waals surface area contributed by atoms with Gasteiger partial charge in [-0.3, -0.25) is 19.0 Å². The van der Waals surface area contributed by atoms with Gasteiger partial charge in [-0.2, -0.15) is 0 Å². The van der Waals surface area contributed by atoms with E-state index < -0.39 is 11.2 Å². The summed E-state index contributed by atoms with van der Waals surface area (Å²) >= 11 is 6.10. The highest BCUT2D eigenvalue weighted by molar-refractivity contribution is 6.31. The molecule has 0 spiro atoms. The predicted octanol–water partition coefficient (Wildman–Crippen LogP) is 2.88. The summed E-state index contributed by atoms with van der Waals surface area (Å²) in [4.78, 5) is 52.1. The smallest absolute Gasteiger partial charge is 0.336 e. The van der Waals surface area contributed by atoms with E-state index in [9.17, 15) is 19.2 Å². The quantitative estimate of drug-likeness (QED) is 0.566. The maximum atomic E-state index is 13.3. The monoisotopic (exact) mass is 427 g/mol. The van der Waals surface area contributed by atoms with Crippen molar-refractivity contribution < 1.29 is 9.59 Å². The van der Waals surface area contributed by atoms with Crippen LogP contribution in [0.3, 0.4) is 0 Å². The van der Waals surface area contributed by atoms with Gasteiger partial charge in [0.25, 0.3) is 5.56 Å². The number of aromatic nitrogens is 2. The van der Waals surface area contributed by atoms with Crippen molar-refractivity contribution in [3.63, 3.8) is 0 Å². The topological polar surface area (TPSA) is 81.4 Å². The van der Waals surface area contributed by atoms with Crippen LogP contribution in [0.5, 0.6) is 0 Å². The van der Waals surface area contributed by atoms with Gasteiger partial charge in [0.1, 0.15) is 6.54 Å². The van der Waals surface area contributed by atoms with Crippen LogP contribution < -0.4 is 11.2 Å². The lowest BCUT2D eigenvalue weighted by Gasteiger charge is -2.19. The Hall–Kier alpha value is -3.19. The van der Waals surface area contributed by atoms with Gasteiger partial charge in [0, 0.05) is 24.2 Å². The molecule has 0 fully saturated rings. The number of Topliss-reactive ketones (excluding diaryl/α,β-unsaturated/α-hetero) is 1. The van der Waals surface area contributed by atoms with E-state index in [1.807, 2.05) is 6.92 Å². The van der Waals surface area contributed by atoms with E-state index in [0.717, 1.165) is 11.0 Å². The summed E-state index contributed by atoms with van der Waals surface area (Å²) in [5.74, 6) is -0.374. The third kappa shape index (κ3) is 4.07. The van der Waals surface area contributed by atoms with Crippen LogP contribution in [-0.4, -0.2) is 39.3 Å². The summed E-state index contributed by atoms with van der Waals surface area (Å²) in [6, 6.07) is 10.8. The zero-order valence-electron chi connectivity index (χ0n) is 17.0. The van der Waals surface area contributed by atoms with Crippen LogP contribution in [0.15, 0.2) is 52.1 Å². The molecule has 3 aromatic rings. The summed E-state index contributed by atoms with van der Waals surface area (Å²) in [5, 5.41) is 0.619. The number of amides is 1. The second kappa shape index (κ2) is 8.67. The van der Waals surface area contributed by atoms with Crippen molar-refractivity contribution >= 4 is 34.2 Å². The van der Waals surface area contributed by atoms with E-state index in [2.05, 4.69) is 0 Å². The highest BCUT2D eigenvalue weighted by Gasteiger charge is 2.18. The van der Waals surface area contributed by atoms with Crippen LogP contribution in [-0.2, 0) is 11.3 Å². The van der Waals surface area contributed by atoms with Crippen molar-refractivity contribution in [1.29, 1.82) is 0 Å². The van der Waals surface area contributed by atoms with Crippen molar-refractivity contribution in [2.75, 3.05) is 13.6 Å². The number of carbonyl (C=O) groups is 2. The molecule has 8 heteroatoms. The Morgan fingerprint density at radius 2 is 1.73 bits per heavy atom. The average Bonchev–Trinajstić information content (AvgIpc) is 2.71. The molecule has 0 bridgehead atoms. The van der Waals surface area contributed by atoms with Gasteiger partial charge in [-0.15, -0.1) is 0 Å². The van der Waals surface area contributed by atoms with Crippen molar-refractivity contribution in [3.05, 3.63) is 73.9 Å². The molecule has 0 aliphatic heterocycles. The maximum absolute atomic E-state index is 13.3. The van der Waals surface area contributed by atoms with Crippen molar-refractivity contribution in [2.45, 2.75) is 26.8 Å². The summed E-state index contributed by atoms with van der Waals surface area (Å²) in [6.45, 7) is 3.72. The van der Waals surface area contributed by atoms with Gasteiger partial charge < -0.3 is 4.90 Å². The fourth-order valence-electron chi connectivity index (χ4n) is 3.28. The first-order chi connectivity index (χ1) is 14.2. The Labute approximate surface area is 178 Å². The number of fused-ring (bicyclic) bond motifs is 1. The molecule has 0 atom stereocenters. The van der Waals surface area contributed by atoms with Crippen molar-refractivity contribution in [3.8, 4) is 5.69 Å². The first-order valence-electron chi connectivity index (χ1n) is 9.55.